The summed E-state index contributed by atoms with van der Waals surface area (Å²) in [5.41, 5.74) is 1.82. The Kier molecular flexibility index (Phi) is 6.38. The number of hydrogen-bond donors (Lipinski definition) is 1. The van der Waals surface area contributed by atoms with E-state index in [1.165, 1.54) is 4.31 Å². The number of rotatable bonds is 6. The molecule has 0 aromatic heterocycles. The molecule has 2 aliphatic rings. The lowest BCUT2D eigenvalue weighted by atomic mass is 9.98. The van der Waals surface area contributed by atoms with E-state index in [1.807, 2.05) is 24.3 Å². The van der Waals surface area contributed by atoms with Gasteiger partial charge in [0.05, 0.1) is 10.8 Å². The number of carbonyl (C=O) groups is 2. The molecule has 2 aliphatic heterocycles. The second-order valence-corrected chi connectivity index (χ2v) is 9.99. The largest absolute Gasteiger partial charge is 0.352 e. The number of sulfonamides is 1. The van der Waals surface area contributed by atoms with E-state index in [4.69, 9.17) is 0 Å². The summed E-state index contributed by atoms with van der Waals surface area (Å²) in [6.45, 7) is 1.74. The van der Waals surface area contributed by atoms with Gasteiger partial charge in [-0.05, 0) is 49.1 Å². The van der Waals surface area contributed by atoms with Gasteiger partial charge >= 0.3 is 0 Å². The molecule has 1 atom stereocenters. The van der Waals surface area contributed by atoms with Crippen LogP contribution in [0.4, 0.5) is 5.69 Å². The van der Waals surface area contributed by atoms with E-state index in [-0.39, 0.29) is 29.2 Å². The molecule has 2 aromatic carbocycles. The number of amides is 2. The lowest BCUT2D eigenvalue weighted by Crippen LogP contribution is -2.45. The van der Waals surface area contributed by atoms with E-state index < -0.39 is 10.0 Å². The Balaban J connectivity index is 1.34. The van der Waals surface area contributed by atoms with Crippen molar-refractivity contribution in [1.82, 2.24) is 9.62 Å². The summed E-state index contributed by atoms with van der Waals surface area (Å²) >= 11 is 0. The molecule has 2 amide bonds. The summed E-state index contributed by atoms with van der Waals surface area (Å²) in [4.78, 5) is 26.6. The zero-order chi connectivity index (χ0) is 21.8. The smallest absolute Gasteiger partial charge is 0.243 e. The fraction of sp³-hybridized carbons (Fsp3) is 0.391. The second kappa shape index (κ2) is 9.20. The van der Waals surface area contributed by atoms with Crippen molar-refractivity contribution >= 4 is 27.5 Å². The molecule has 164 valence electrons. The molecule has 8 heteroatoms. The number of benzene rings is 2. The fourth-order valence-corrected chi connectivity index (χ4v) is 5.71. The average Bonchev–Trinajstić information content (AvgIpc) is 3.24. The van der Waals surface area contributed by atoms with Crippen molar-refractivity contribution in [2.45, 2.75) is 37.1 Å². The molecular formula is C23H27N3O4S. The summed E-state index contributed by atoms with van der Waals surface area (Å²) in [6, 6.07) is 16.0. The van der Waals surface area contributed by atoms with Gasteiger partial charge in [-0.25, -0.2) is 8.42 Å². The van der Waals surface area contributed by atoms with Crippen LogP contribution < -0.4 is 10.2 Å². The molecule has 0 bridgehead atoms. The van der Waals surface area contributed by atoms with Gasteiger partial charge in [-0.2, -0.15) is 4.31 Å². The van der Waals surface area contributed by atoms with Gasteiger partial charge in [0.15, 0.2) is 0 Å². The molecule has 0 aliphatic carbocycles. The highest BCUT2D eigenvalue weighted by atomic mass is 32.2. The highest BCUT2D eigenvalue weighted by Crippen LogP contribution is 2.24. The Hall–Kier alpha value is -2.71. The highest BCUT2D eigenvalue weighted by molar-refractivity contribution is 7.89. The third-order valence-corrected chi connectivity index (χ3v) is 7.80. The van der Waals surface area contributed by atoms with Crippen molar-refractivity contribution < 1.29 is 18.0 Å². The minimum atomic E-state index is -3.59. The molecule has 0 saturated carbocycles. The average molecular weight is 442 g/mol. The van der Waals surface area contributed by atoms with E-state index in [0.29, 0.717) is 32.4 Å². The number of nitrogens with zero attached hydrogens (tertiary/aromatic N) is 2. The molecule has 2 saturated heterocycles. The van der Waals surface area contributed by atoms with Crippen molar-refractivity contribution in [2.24, 2.45) is 5.92 Å². The first kappa shape index (κ1) is 21.5. The quantitative estimate of drug-likeness (QED) is 0.746. The van der Waals surface area contributed by atoms with Gasteiger partial charge in [-0.15, -0.1) is 0 Å². The van der Waals surface area contributed by atoms with Gasteiger partial charge in [0, 0.05) is 38.3 Å². The lowest BCUT2D eigenvalue weighted by molar-refractivity contribution is -0.126. The minimum absolute atomic E-state index is 0.133. The lowest BCUT2D eigenvalue weighted by Gasteiger charge is -2.31. The number of nitrogens with one attached hydrogen (secondary N) is 1. The van der Waals surface area contributed by atoms with Crippen molar-refractivity contribution in [2.75, 3.05) is 24.5 Å². The van der Waals surface area contributed by atoms with Crippen molar-refractivity contribution in [3.8, 4) is 0 Å². The molecule has 0 radical (unpaired) electrons. The van der Waals surface area contributed by atoms with Crippen LogP contribution in [0.2, 0.25) is 0 Å². The maximum Gasteiger partial charge on any atom is 0.243 e. The van der Waals surface area contributed by atoms with E-state index in [1.54, 1.807) is 35.2 Å². The maximum absolute atomic E-state index is 12.9. The minimum Gasteiger partial charge on any atom is -0.352 e. The van der Waals surface area contributed by atoms with Crippen LogP contribution in [0, 0.1) is 5.92 Å². The highest BCUT2D eigenvalue weighted by Gasteiger charge is 2.33. The zero-order valence-corrected chi connectivity index (χ0v) is 18.2. The monoisotopic (exact) mass is 441 g/mol. The van der Waals surface area contributed by atoms with Crippen LogP contribution in [-0.4, -0.2) is 44.2 Å². The van der Waals surface area contributed by atoms with Crippen LogP contribution in [0.1, 0.15) is 31.2 Å². The van der Waals surface area contributed by atoms with Crippen LogP contribution >= 0.6 is 0 Å². The summed E-state index contributed by atoms with van der Waals surface area (Å²) in [7, 11) is -3.59. The molecule has 31 heavy (non-hydrogen) atoms. The molecule has 1 unspecified atom stereocenters. The van der Waals surface area contributed by atoms with Crippen LogP contribution in [-0.2, 0) is 26.2 Å². The normalized spacial score (nSPS) is 20.1. The van der Waals surface area contributed by atoms with E-state index in [0.717, 1.165) is 24.2 Å². The summed E-state index contributed by atoms with van der Waals surface area (Å²) in [5, 5.41) is 2.94. The van der Waals surface area contributed by atoms with Crippen molar-refractivity contribution in [1.29, 1.82) is 0 Å². The standard InChI is InChI=1S/C23H27N3O4S/c27-22-9-5-15-26(22)20-12-10-18(11-13-20)16-24-23(28)19-6-4-14-25(17-19)31(29,30)21-7-2-1-3-8-21/h1-3,7-8,10-13,19H,4-6,9,14-17H2,(H,24,28). The van der Waals surface area contributed by atoms with Crippen LogP contribution in [0.15, 0.2) is 59.5 Å². The number of anilines is 1. The van der Waals surface area contributed by atoms with Crippen molar-refractivity contribution in [3.63, 3.8) is 0 Å². The molecular weight excluding hydrogens is 414 g/mol. The van der Waals surface area contributed by atoms with E-state index in [2.05, 4.69) is 5.32 Å². The van der Waals surface area contributed by atoms with Gasteiger partial charge in [0.2, 0.25) is 21.8 Å². The Morgan fingerprint density at radius 2 is 1.74 bits per heavy atom. The summed E-state index contributed by atoms with van der Waals surface area (Å²) in [6.07, 6.45) is 2.80. The first-order valence-corrected chi connectivity index (χ1v) is 12.1. The van der Waals surface area contributed by atoms with Gasteiger partial charge in [-0.3, -0.25) is 9.59 Å². The molecule has 0 spiro atoms. The van der Waals surface area contributed by atoms with Crippen LogP contribution in [0.3, 0.4) is 0 Å². The number of hydrogen-bond acceptors (Lipinski definition) is 4. The summed E-state index contributed by atoms with van der Waals surface area (Å²) < 4.78 is 27.1. The molecule has 7 nitrogen and oxygen atoms in total. The predicted molar refractivity (Wildman–Crippen MR) is 118 cm³/mol. The summed E-state index contributed by atoms with van der Waals surface area (Å²) in [5.74, 6) is -0.353. The topological polar surface area (TPSA) is 86.8 Å². The molecule has 2 fully saturated rings. The molecule has 2 aromatic rings. The van der Waals surface area contributed by atoms with Crippen LogP contribution in [0.25, 0.3) is 0 Å². The molecule has 4 rings (SSSR count). The van der Waals surface area contributed by atoms with Crippen LogP contribution in [0.5, 0.6) is 0 Å². The molecule has 2 heterocycles. The van der Waals surface area contributed by atoms with Gasteiger partial charge in [0.25, 0.3) is 0 Å². The number of carbonyl (C=O) groups excluding carboxylic acids is 2. The maximum atomic E-state index is 12.9. The Bertz CT molecular complexity index is 1040. The Morgan fingerprint density at radius 3 is 2.42 bits per heavy atom. The Labute approximate surface area is 183 Å². The second-order valence-electron chi connectivity index (χ2n) is 8.05. The van der Waals surface area contributed by atoms with Gasteiger partial charge < -0.3 is 10.2 Å². The SMILES string of the molecule is O=C(NCc1ccc(N2CCCC2=O)cc1)C1CCCN(S(=O)(=O)c2ccccc2)C1. The Morgan fingerprint density at radius 1 is 1.00 bits per heavy atom. The van der Waals surface area contributed by atoms with E-state index in [9.17, 15) is 18.0 Å². The van der Waals surface area contributed by atoms with Crippen molar-refractivity contribution in [3.05, 3.63) is 60.2 Å². The first-order chi connectivity index (χ1) is 14.9. The van der Waals surface area contributed by atoms with Gasteiger partial charge in [-0.1, -0.05) is 30.3 Å². The third-order valence-electron chi connectivity index (χ3n) is 5.92. The zero-order valence-electron chi connectivity index (χ0n) is 17.4. The first-order valence-electron chi connectivity index (χ1n) is 10.7. The number of piperidine rings is 1. The van der Waals surface area contributed by atoms with E-state index >= 15 is 0 Å². The van der Waals surface area contributed by atoms with Gasteiger partial charge in [0.1, 0.15) is 0 Å². The third kappa shape index (κ3) is 4.80. The predicted octanol–water partition coefficient (Wildman–Crippen LogP) is 2.53. The molecule has 1 N–H and O–H groups in total. The fourth-order valence-electron chi connectivity index (χ4n) is 4.16.